The van der Waals surface area contributed by atoms with E-state index in [1.807, 2.05) is 0 Å². The van der Waals surface area contributed by atoms with Crippen LogP contribution in [-0.4, -0.2) is 11.1 Å². The van der Waals surface area contributed by atoms with Crippen molar-refractivity contribution in [2.24, 2.45) is 5.73 Å². The lowest BCUT2D eigenvalue weighted by Crippen LogP contribution is -2.15. The van der Waals surface area contributed by atoms with E-state index in [0.29, 0.717) is 16.1 Å². The van der Waals surface area contributed by atoms with E-state index < -0.39 is 18.2 Å². The molecule has 2 atom stereocenters. The summed E-state index contributed by atoms with van der Waals surface area (Å²) in [5.74, 6) is -0.994. The summed E-state index contributed by atoms with van der Waals surface area (Å²) in [6.07, 6.45) is -1.31. The quantitative estimate of drug-likeness (QED) is 0.857. The van der Waals surface area contributed by atoms with E-state index in [0.717, 1.165) is 0 Å². The number of rotatable bonds is 4. The Bertz CT molecular complexity index is 396. The third-order valence-electron chi connectivity index (χ3n) is 2.28. The minimum absolute atomic E-state index is 0.204. The Labute approximate surface area is 98.0 Å². The molecular formula is C11H13ClFNO2. The van der Waals surface area contributed by atoms with Crippen LogP contribution in [0.5, 0.6) is 0 Å². The molecule has 3 nitrogen and oxygen atoms in total. The van der Waals surface area contributed by atoms with Gasteiger partial charge in [-0.15, -0.1) is 0 Å². The first-order chi connectivity index (χ1) is 7.41. The van der Waals surface area contributed by atoms with Crippen LogP contribution in [0.25, 0.3) is 0 Å². The zero-order chi connectivity index (χ0) is 12.3. The molecule has 1 aromatic carbocycles. The molecule has 1 rings (SSSR count). The number of hydrogen-bond acceptors (Lipinski definition) is 2. The Morgan fingerprint density at radius 1 is 1.62 bits per heavy atom. The van der Waals surface area contributed by atoms with Crippen LogP contribution in [0, 0.1) is 0 Å². The zero-order valence-electron chi connectivity index (χ0n) is 8.78. The van der Waals surface area contributed by atoms with Gasteiger partial charge in [0.05, 0.1) is 6.42 Å². The number of carbonyl (C=O) groups is 1. The van der Waals surface area contributed by atoms with Crippen molar-refractivity contribution in [1.82, 2.24) is 0 Å². The molecule has 0 amide bonds. The lowest BCUT2D eigenvalue weighted by atomic mass is 10.0. The van der Waals surface area contributed by atoms with Crippen molar-refractivity contribution in [3.05, 3.63) is 34.3 Å². The number of hydrogen-bond donors (Lipinski definition) is 2. The van der Waals surface area contributed by atoms with E-state index in [2.05, 4.69) is 0 Å². The van der Waals surface area contributed by atoms with Crippen LogP contribution in [-0.2, 0) is 4.79 Å². The molecule has 0 radical (unpaired) electrons. The molecule has 0 fully saturated rings. The second-order valence-electron chi connectivity index (χ2n) is 3.60. The summed E-state index contributed by atoms with van der Waals surface area (Å²) in [6.45, 7) is 1.41. The standard InChI is InChI=1S/C11H13ClFNO2/c1-6(13)7-2-3-8(9(12)4-7)10(14)5-11(15)16/h2-4,6,10H,5,14H2,1H3,(H,15,16). The molecule has 0 spiro atoms. The third kappa shape index (κ3) is 3.18. The van der Waals surface area contributed by atoms with Gasteiger partial charge < -0.3 is 10.8 Å². The number of benzene rings is 1. The summed E-state index contributed by atoms with van der Waals surface area (Å²) in [4.78, 5) is 10.5. The molecule has 1 aromatic rings. The fourth-order valence-corrected chi connectivity index (χ4v) is 1.72. The lowest BCUT2D eigenvalue weighted by molar-refractivity contribution is -0.137. The number of nitrogens with two attached hydrogens (primary N) is 1. The van der Waals surface area contributed by atoms with E-state index in [-0.39, 0.29) is 6.42 Å². The van der Waals surface area contributed by atoms with E-state index in [1.165, 1.54) is 13.0 Å². The molecule has 88 valence electrons. The van der Waals surface area contributed by atoms with Gasteiger partial charge in [0.1, 0.15) is 6.17 Å². The molecule has 0 aromatic heterocycles. The molecule has 2 unspecified atom stereocenters. The molecular weight excluding hydrogens is 233 g/mol. The molecule has 0 aliphatic carbocycles. The average Bonchev–Trinajstić information content (AvgIpc) is 2.15. The summed E-state index contributed by atoms with van der Waals surface area (Å²) in [5, 5.41) is 8.90. The number of alkyl halides is 1. The topological polar surface area (TPSA) is 63.3 Å². The maximum absolute atomic E-state index is 13.0. The monoisotopic (exact) mass is 245 g/mol. The Morgan fingerprint density at radius 3 is 2.69 bits per heavy atom. The molecule has 16 heavy (non-hydrogen) atoms. The molecule has 0 aliphatic heterocycles. The van der Waals surface area contributed by atoms with Crippen molar-refractivity contribution in [2.45, 2.75) is 25.6 Å². The van der Waals surface area contributed by atoms with Gasteiger partial charge in [0, 0.05) is 11.1 Å². The van der Waals surface area contributed by atoms with Crippen LogP contribution in [0.1, 0.15) is 36.7 Å². The van der Waals surface area contributed by atoms with Crippen molar-refractivity contribution in [3.8, 4) is 0 Å². The van der Waals surface area contributed by atoms with Crippen molar-refractivity contribution < 1.29 is 14.3 Å². The van der Waals surface area contributed by atoms with Crippen LogP contribution in [0.3, 0.4) is 0 Å². The normalized spacial score (nSPS) is 14.5. The van der Waals surface area contributed by atoms with Crippen LogP contribution in [0.4, 0.5) is 4.39 Å². The predicted molar refractivity (Wildman–Crippen MR) is 60.2 cm³/mol. The summed E-state index contributed by atoms with van der Waals surface area (Å²) >= 11 is 5.91. The van der Waals surface area contributed by atoms with Crippen LogP contribution in [0.2, 0.25) is 5.02 Å². The van der Waals surface area contributed by atoms with Gasteiger partial charge in [-0.25, -0.2) is 4.39 Å². The molecule has 0 heterocycles. The van der Waals surface area contributed by atoms with Crippen molar-refractivity contribution in [3.63, 3.8) is 0 Å². The average molecular weight is 246 g/mol. The van der Waals surface area contributed by atoms with Gasteiger partial charge in [-0.1, -0.05) is 23.7 Å². The highest BCUT2D eigenvalue weighted by atomic mass is 35.5. The van der Waals surface area contributed by atoms with E-state index in [1.54, 1.807) is 12.1 Å². The maximum Gasteiger partial charge on any atom is 0.305 e. The van der Waals surface area contributed by atoms with Gasteiger partial charge in [0.25, 0.3) is 0 Å². The van der Waals surface area contributed by atoms with Crippen molar-refractivity contribution in [2.75, 3.05) is 0 Å². The SMILES string of the molecule is CC(F)c1ccc(C(N)CC(=O)O)c(Cl)c1. The third-order valence-corrected chi connectivity index (χ3v) is 2.61. The summed E-state index contributed by atoms with van der Waals surface area (Å²) < 4.78 is 13.0. The molecule has 5 heteroatoms. The van der Waals surface area contributed by atoms with Gasteiger partial charge in [-0.2, -0.15) is 0 Å². The first-order valence-electron chi connectivity index (χ1n) is 4.82. The van der Waals surface area contributed by atoms with E-state index in [9.17, 15) is 9.18 Å². The summed E-state index contributed by atoms with van der Waals surface area (Å²) in [6, 6.07) is 3.94. The number of carboxylic acids is 1. The van der Waals surface area contributed by atoms with Gasteiger partial charge in [-0.05, 0) is 24.1 Å². The van der Waals surface area contributed by atoms with Crippen LogP contribution in [0.15, 0.2) is 18.2 Å². The molecule has 0 saturated heterocycles. The van der Waals surface area contributed by atoms with Gasteiger partial charge in [0.15, 0.2) is 0 Å². The van der Waals surface area contributed by atoms with Crippen LogP contribution < -0.4 is 5.73 Å². The summed E-state index contributed by atoms with van der Waals surface area (Å²) in [7, 11) is 0. The smallest absolute Gasteiger partial charge is 0.305 e. The second kappa shape index (κ2) is 5.27. The van der Waals surface area contributed by atoms with Gasteiger partial charge in [-0.3, -0.25) is 4.79 Å². The fourth-order valence-electron chi connectivity index (χ4n) is 1.39. The first-order valence-corrected chi connectivity index (χ1v) is 5.20. The largest absolute Gasteiger partial charge is 0.481 e. The minimum Gasteiger partial charge on any atom is -0.481 e. The minimum atomic E-state index is -1.11. The van der Waals surface area contributed by atoms with Gasteiger partial charge in [0.2, 0.25) is 0 Å². The highest BCUT2D eigenvalue weighted by Crippen LogP contribution is 2.28. The zero-order valence-corrected chi connectivity index (χ0v) is 9.54. The Kier molecular flexibility index (Phi) is 4.26. The van der Waals surface area contributed by atoms with E-state index in [4.69, 9.17) is 22.4 Å². The number of carboxylic acid groups (broad SMARTS) is 1. The molecule has 0 aliphatic rings. The Hall–Kier alpha value is -1.13. The second-order valence-corrected chi connectivity index (χ2v) is 4.01. The lowest BCUT2D eigenvalue weighted by Gasteiger charge is -2.13. The molecule has 0 bridgehead atoms. The molecule has 0 saturated carbocycles. The first kappa shape index (κ1) is 12.9. The number of aliphatic carboxylic acids is 1. The maximum atomic E-state index is 13.0. The Morgan fingerprint density at radius 2 is 2.25 bits per heavy atom. The predicted octanol–water partition coefficient (Wildman–Crippen LogP) is 2.85. The van der Waals surface area contributed by atoms with Crippen molar-refractivity contribution >= 4 is 17.6 Å². The highest BCUT2D eigenvalue weighted by molar-refractivity contribution is 6.31. The van der Waals surface area contributed by atoms with Crippen LogP contribution >= 0.6 is 11.6 Å². The number of halogens is 2. The Balaban J connectivity index is 2.94. The fraction of sp³-hybridized carbons (Fsp3) is 0.364. The van der Waals surface area contributed by atoms with Gasteiger partial charge >= 0.3 is 5.97 Å². The van der Waals surface area contributed by atoms with E-state index >= 15 is 0 Å². The summed E-state index contributed by atoms with van der Waals surface area (Å²) in [5.41, 5.74) is 6.64. The highest BCUT2D eigenvalue weighted by Gasteiger charge is 2.15. The molecule has 3 N–H and O–H groups in total. The van der Waals surface area contributed by atoms with Crippen molar-refractivity contribution in [1.29, 1.82) is 0 Å².